The lowest BCUT2D eigenvalue weighted by Gasteiger charge is -2.08. The summed E-state index contributed by atoms with van der Waals surface area (Å²) in [7, 11) is 0. The number of amides is 1. The predicted octanol–water partition coefficient (Wildman–Crippen LogP) is 3.74. The van der Waals surface area contributed by atoms with E-state index in [9.17, 15) is 4.79 Å². The van der Waals surface area contributed by atoms with E-state index in [4.69, 9.17) is 21.1 Å². The normalized spacial score (nSPS) is 10.5. The minimum absolute atomic E-state index is 0.185. The molecule has 0 atom stereocenters. The van der Waals surface area contributed by atoms with E-state index in [1.54, 1.807) is 48.7 Å². The number of aromatic nitrogens is 1. The van der Waals surface area contributed by atoms with Crippen LogP contribution in [0.5, 0.6) is 0 Å². The van der Waals surface area contributed by atoms with E-state index in [2.05, 4.69) is 10.3 Å². The molecule has 0 aliphatic rings. The maximum absolute atomic E-state index is 12.2. The van der Waals surface area contributed by atoms with Crippen molar-refractivity contribution < 1.29 is 14.3 Å². The summed E-state index contributed by atoms with van der Waals surface area (Å²) in [4.78, 5) is 16.1. The van der Waals surface area contributed by atoms with Crippen molar-refractivity contribution in [3.05, 3.63) is 71.2 Å². The van der Waals surface area contributed by atoms with Gasteiger partial charge in [0.1, 0.15) is 18.1 Å². The summed E-state index contributed by atoms with van der Waals surface area (Å²) >= 11 is 6.19. The van der Waals surface area contributed by atoms with Gasteiger partial charge in [0.2, 0.25) is 0 Å². The third-order valence-corrected chi connectivity index (χ3v) is 3.56. The monoisotopic (exact) mass is 328 g/mol. The fourth-order valence-corrected chi connectivity index (χ4v) is 2.31. The predicted molar refractivity (Wildman–Crippen MR) is 87.3 cm³/mol. The number of hydrogen-bond acceptors (Lipinski definition) is 4. The Morgan fingerprint density at radius 3 is 2.83 bits per heavy atom. The topological polar surface area (TPSA) is 75.4 Å². The lowest BCUT2D eigenvalue weighted by Crippen LogP contribution is -2.11. The maximum atomic E-state index is 12.2. The number of anilines is 1. The fourth-order valence-electron chi connectivity index (χ4n) is 2.10. The standard InChI is InChI=1S/C17H13ClN2O3/c18-15-5-3-12(20-17(22)11-2-1-7-19-9-11)8-14(15)16-6-4-13(10-21)23-16/h1-9,21H,10H2,(H,20,22). The van der Waals surface area contributed by atoms with Crippen LogP contribution in [0.1, 0.15) is 16.1 Å². The van der Waals surface area contributed by atoms with Crippen LogP contribution in [0.4, 0.5) is 5.69 Å². The van der Waals surface area contributed by atoms with Gasteiger partial charge in [-0.05, 0) is 42.5 Å². The highest BCUT2D eigenvalue weighted by atomic mass is 35.5. The van der Waals surface area contributed by atoms with Crippen molar-refractivity contribution in [3.8, 4) is 11.3 Å². The van der Waals surface area contributed by atoms with Crippen LogP contribution in [-0.2, 0) is 6.61 Å². The van der Waals surface area contributed by atoms with Gasteiger partial charge in [-0.1, -0.05) is 11.6 Å². The summed E-state index contributed by atoms with van der Waals surface area (Å²) < 4.78 is 5.49. The number of pyridine rings is 1. The molecule has 0 aliphatic carbocycles. The van der Waals surface area contributed by atoms with Crippen LogP contribution < -0.4 is 5.32 Å². The molecular formula is C17H13ClN2O3. The molecule has 23 heavy (non-hydrogen) atoms. The molecule has 3 aromatic rings. The number of carbonyl (C=O) groups is 1. The van der Waals surface area contributed by atoms with E-state index in [0.717, 1.165) is 0 Å². The minimum Gasteiger partial charge on any atom is -0.459 e. The summed E-state index contributed by atoms with van der Waals surface area (Å²) in [5.74, 6) is 0.708. The number of nitrogens with one attached hydrogen (secondary N) is 1. The molecule has 2 N–H and O–H groups in total. The Morgan fingerprint density at radius 2 is 2.13 bits per heavy atom. The van der Waals surface area contributed by atoms with Gasteiger partial charge in [0.05, 0.1) is 10.6 Å². The molecule has 3 rings (SSSR count). The number of nitrogens with zero attached hydrogens (tertiary/aromatic N) is 1. The van der Waals surface area contributed by atoms with Gasteiger partial charge < -0.3 is 14.8 Å². The maximum Gasteiger partial charge on any atom is 0.257 e. The minimum atomic E-state index is -0.262. The first-order valence-corrected chi connectivity index (χ1v) is 7.26. The number of rotatable bonds is 4. The van der Waals surface area contributed by atoms with E-state index < -0.39 is 0 Å². The van der Waals surface area contributed by atoms with Gasteiger partial charge in [-0.25, -0.2) is 0 Å². The fraction of sp³-hybridized carbons (Fsp3) is 0.0588. The lowest BCUT2D eigenvalue weighted by atomic mass is 10.1. The summed E-state index contributed by atoms with van der Waals surface area (Å²) in [6, 6.07) is 11.9. The van der Waals surface area contributed by atoms with E-state index >= 15 is 0 Å². The van der Waals surface area contributed by atoms with E-state index in [1.165, 1.54) is 6.20 Å². The molecule has 6 heteroatoms. The first-order valence-electron chi connectivity index (χ1n) is 6.88. The highest BCUT2D eigenvalue weighted by Gasteiger charge is 2.12. The van der Waals surface area contributed by atoms with Crippen molar-refractivity contribution in [1.29, 1.82) is 0 Å². The third-order valence-electron chi connectivity index (χ3n) is 3.23. The van der Waals surface area contributed by atoms with Gasteiger partial charge in [-0.3, -0.25) is 9.78 Å². The van der Waals surface area contributed by atoms with Gasteiger partial charge in [-0.2, -0.15) is 0 Å². The highest BCUT2D eigenvalue weighted by molar-refractivity contribution is 6.33. The zero-order valence-electron chi connectivity index (χ0n) is 12.0. The van der Waals surface area contributed by atoms with Crippen molar-refractivity contribution in [3.63, 3.8) is 0 Å². The highest BCUT2D eigenvalue weighted by Crippen LogP contribution is 2.32. The Hall–Kier alpha value is -2.63. The zero-order chi connectivity index (χ0) is 16.2. The number of benzene rings is 1. The number of furan rings is 1. The molecule has 1 amide bonds. The molecule has 2 heterocycles. The first kappa shape index (κ1) is 15.3. The van der Waals surface area contributed by atoms with Crippen LogP contribution in [0.15, 0.2) is 59.3 Å². The molecule has 5 nitrogen and oxygen atoms in total. The SMILES string of the molecule is O=C(Nc1ccc(Cl)c(-c2ccc(CO)o2)c1)c1cccnc1. The molecule has 0 aliphatic heterocycles. The van der Waals surface area contributed by atoms with E-state index in [0.29, 0.717) is 33.4 Å². The van der Waals surface area contributed by atoms with Crippen molar-refractivity contribution in [2.24, 2.45) is 0 Å². The van der Waals surface area contributed by atoms with Gasteiger partial charge in [-0.15, -0.1) is 0 Å². The average molecular weight is 329 g/mol. The zero-order valence-corrected chi connectivity index (χ0v) is 12.7. The largest absolute Gasteiger partial charge is 0.459 e. The first-order chi connectivity index (χ1) is 11.2. The second-order valence-electron chi connectivity index (χ2n) is 4.81. The summed E-state index contributed by atoms with van der Waals surface area (Å²) in [6.45, 7) is -0.185. The summed E-state index contributed by atoms with van der Waals surface area (Å²) in [6.07, 6.45) is 3.10. The quantitative estimate of drug-likeness (QED) is 0.765. The third kappa shape index (κ3) is 3.41. The van der Waals surface area contributed by atoms with Crippen LogP contribution in [0, 0.1) is 0 Å². The molecule has 0 unspecified atom stereocenters. The van der Waals surface area contributed by atoms with Gasteiger partial charge in [0.15, 0.2) is 0 Å². The summed E-state index contributed by atoms with van der Waals surface area (Å²) in [5.41, 5.74) is 1.68. The van der Waals surface area contributed by atoms with Crippen LogP contribution in [0.25, 0.3) is 11.3 Å². The Labute approximate surface area is 137 Å². The molecule has 0 bridgehead atoms. The van der Waals surface area contributed by atoms with Gasteiger partial charge in [0, 0.05) is 23.6 Å². The molecule has 0 saturated carbocycles. The van der Waals surface area contributed by atoms with Crippen molar-refractivity contribution in [2.45, 2.75) is 6.61 Å². The van der Waals surface area contributed by atoms with Crippen LogP contribution in [0.3, 0.4) is 0 Å². The summed E-state index contributed by atoms with van der Waals surface area (Å²) in [5, 5.41) is 12.4. The Morgan fingerprint density at radius 1 is 1.26 bits per heavy atom. The van der Waals surface area contributed by atoms with Gasteiger partial charge >= 0.3 is 0 Å². The lowest BCUT2D eigenvalue weighted by molar-refractivity contribution is 0.102. The molecule has 0 saturated heterocycles. The van der Waals surface area contributed by atoms with Crippen LogP contribution in [-0.4, -0.2) is 16.0 Å². The molecule has 2 aromatic heterocycles. The number of hydrogen-bond donors (Lipinski definition) is 2. The number of aliphatic hydroxyl groups excluding tert-OH is 1. The average Bonchev–Trinajstić information content (AvgIpc) is 3.06. The molecule has 0 radical (unpaired) electrons. The Kier molecular flexibility index (Phi) is 4.41. The number of halogens is 1. The molecule has 1 aromatic carbocycles. The van der Waals surface area contributed by atoms with Crippen molar-refractivity contribution in [1.82, 2.24) is 4.98 Å². The Bertz CT molecular complexity index is 831. The molecule has 0 spiro atoms. The molecule has 116 valence electrons. The van der Waals surface area contributed by atoms with Crippen LogP contribution in [0.2, 0.25) is 5.02 Å². The van der Waals surface area contributed by atoms with E-state index in [1.807, 2.05) is 0 Å². The van der Waals surface area contributed by atoms with E-state index in [-0.39, 0.29) is 12.5 Å². The van der Waals surface area contributed by atoms with Crippen LogP contribution >= 0.6 is 11.6 Å². The van der Waals surface area contributed by atoms with Gasteiger partial charge in [0.25, 0.3) is 5.91 Å². The van der Waals surface area contributed by atoms with Crippen molar-refractivity contribution in [2.75, 3.05) is 5.32 Å². The second-order valence-corrected chi connectivity index (χ2v) is 5.22. The molecular weight excluding hydrogens is 316 g/mol. The van der Waals surface area contributed by atoms with Crippen molar-refractivity contribution >= 4 is 23.2 Å². The number of carbonyl (C=O) groups excluding carboxylic acids is 1. The Balaban J connectivity index is 1.87. The second kappa shape index (κ2) is 6.64. The molecule has 0 fully saturated rings. The number of aliphatic hydroxyl groups is 1. The smallest absolute Gasteiger partial charge is 0.257 e.